The molecule has 1 aliphatic rings. The van der Waals surface area contributed by atoms with Crippen LogP contribution in [0.5, 0.6) is 11.5 Å². The molecular formula is C21H26O5. The maximum absolute atomic E-state index is 11.2. The van der Waals surface area contributed by atoms with Gasteiger partial charge in [0.1, 0.15) is 17.6 Å². The lowest BCUT2D eigenvalue weighted by Gasteiger charge is -2.24. The number of hydrogen-bond acceptors (Lipinski definition) is 5. The van der Waals surface area contributed by atoms with Crippen molar-refractivity contribution in [1.82, 2.24) is 0 Å². The highest BCUT2D eigenvalue weighted by molar-refractivity contribution is 5.60. The fourth-order valence-electron chi connectivity index (χ4n) is 3.61. The van der Waals surface area contributed by atoms with Gasteiger partial charge in [-0.25, -0.2) is 0 Å². The van der Waals surface area contributed by atoms with Gasteiger partial charge in [-0.15, -0.1) is 0 Å². The SMILES string of the molecule is COc1c(C)c(C)c(OC)c(C(O)c2cccc(C3OCCO3)c2)c1C. The normalized spacial score (nSPS) is 15.9. The number of aliphatic hydroxyl groups is 1. The van der Waals surface area contributed by atoms with E-state index >= 15 is 0 Å². The van der Waals surface area contributed by atoms with E-state index in [4.69, 9.17) is 18.9 Å². The first-order valence-corrected chi connectivity index (χ1v) is 8.72. The second-order valence-corrected chi connectivity index (χ2v) is 6.50. The summed E-state index contributed by atoms with van der Waals surface area (Å²) in [6.07, 6.45) is -1.22. The molecule has 0 saturated carbocycles. The van der Waals surface area contributed by atoms with Gasteiger partial charge in [-0.05, 0) is 43.5 Å². The maximum Gasteiger partial charge on any atom is 0.184 e. The predicted octanol–water partition coefficient (Wildman–Crippen LogP) is 3.76. The van der Waals surface area contributed by atoms with Crippen LogP contribution in [0.25, 0.3) is 0 Å². The quantitative estimate of drug-likeness (QED) is 0.882. The number of ether oxygens (including phenoxy) is 4. The van der Waals surface area contributed by atoms with Crippen LogP contribution in [-0.4, -0.2) is 32.5 Å². The molecule has 26 heavy (non-hydrogen) atoms. The van der Waals surface area contributed by atoms with Crippen molar-refractivity contribution in [2.45, 2.75) is 33.2 Å². The molecule has 0 amide bonds. The molecule has 0 aromatic heterocycles. The molecule has 0 bridgehead atoms. The van der Waals surface area contributed by atoms with Gasteiger partial charge < -0.3 is 24.1 Å². The van der Waals surface area contributed by atoms with E-state index in [0.29, 0.717) is 19.0 Å². The van der Waals surface area contributed by atoms with Gasteiger partial charge in [-0.2, -0.15) is 0 Å². The number of methoxy groups -OCH3 is 2. The molecule has 0 aliphatic carbocycles. The Hall–Kier alpha value is -2.08. The van der Waals surface area contributed by atoms with Crippen LogP contribution in [0.4, 0.5) is 0 Å². The van der Waals surface area contributed by atoms with E-state index in [9.17, 15) is 5.11 Å². The highest BCUT2D eigenvalue weighted by atomic mass is 16.7. The zero-order valence-corrected chi connectivity index (χ0v) is 16.0. The number of benzene rings is 2. The molecule has 5 nitrogen and oxygen atoms in total. The Morgan fingerprint density at radius 2 is 1.58 bits per heavy atom. The van der Waals surface area contributed by atoms with E-state index in [1.165, 1.54) is 0 Å². The van der Waals surface area contributed by atoms with Crippen molar-refractivity contribution < 1.29 is 24.1 Å². The van der Waals surface area contributed by atoms with Crippen LogP contribution >= 0.6 is 0 Å². The first kappa shape index (κ1) is 18.7. The first-order chi connectivity index (χ1) is 12.5. The summed E-state index contributed by atoms with van der Waals surface area (Å²) >= 11 is 0. The van der Waals surface area contributed by atoms with Gasteiger partial charge >= 0.3 is 0 Å². The number of rotatable bonds is 5. The van der Waals surface area contributed by atoms with Gasteiger partial charge in [0.25, 0.3) is 0 Å². The van der Waals surface area contributed by atoms with Crippen LogP contribution in [0.15, 0.2) is 24.3 Å². The molecular weight excluding hydrogens is 332 g/mol. The van der Waals surface area contributed by atoms with Gasteiger partial charge in [0.05, 0.1) is 27.4 Å². The summed E-state index contributed by atoms with van der Waals surface area (Å²) in [4.78, 5) is 0. The van der Waals surface area contributed by atoms with E-state index in [-0.39, 0.29) is 6.29 Å². The zero-order valence-electron chi connectivity index (χ0n) is 16.0. The second kappa shape index (κ2) is 7.66. The van der Waals surface area contributed by atoms with Gasteiger partial charge in [0.2, 0.25) is 0 Å². The zero-order chi connectivity index (χ0) is 18.8. The monoisotopic (exact) mass is 358 g/mol. The van der Waals surface area contributed by atoms with Gasteiger partial charge in [0.15, 0.2) is 6.29 Å². The molecule has 1 unspecified atom stereocenters. The Morgan fingerprint density at radius 1 is 0.962 bits per heavy atom. The molecule has 5 heteroatoms. The minimum absolute atomic E-state index is 0.376. The van der Waals surface area contributed by atoms with Crippen LogP contribution in [0, 0.1) is 20.8 Å². The molecule has 0 spiro atoms. The topological polar surface area (TPSA) is 57.2 Å². The molecule has 3 rings (SSSR count). The number of hydrogen-bond donors (Lipinski definition) is 1. The Labute approximate surface area is 154 Å². The minimum Gasteiger partial charge on any atom is -0.496 e. The molecule has 0 radical (unpaired) electrons. The van der Waals surface area contributed by atoms with Crippen molar-refractivity contribution in [3.8, 4) is 11.5 Å². The Morgan fingerprint density at radius 3 is 2.19 bits per heavy atom. The summed E-state index contributed by atoms with van der Waals surface area (Å²) in [5.74, 6) is 1.46. The highest BCUT2D eigenvalue weighted by Gasteiger charge is 2.26. The fraction of sp³-hybridized carbons (Fsp3) is 0.429. The van der Waals surface area contributed by atoms with Crippen LogP contribution in [0.2, 0.25) is 0 Å². The molecule has 2 aromatic carbocycles. The molecule has 1 N–H and O–H groups in total. The van der Waals surface area contributed by atoms with E-state index < -0.39 is 6.10 Å². The Balaban J connectivity index is 2.09. The standard InChI is InChI=1S/C21H26O5/c1-12-13(2)20(24-5)17(14(3)19(12)23-4)18(22)15-7-6-8-16(11-15)21-25-9-10-26-21/h6-8,11,18,21-22H,9-10H2,1-5H3. The van der Waals surface area contributed by atoms with Crippen molar-refractivity contribution >= 4 is 0 Å². The minimum atomic E-state index is -0.848. The van der Waals surface area contributed by atoms with E-state index in [2.05, 4.69) is 0 Å². The Kier molecular flexibility index (Phi) is 5.51. The average Bonchev–Trinajstić information content (AvgIpc) is 3.19. The van der Waals surface area contributed by atoms with E-state index in [0.717, 1.165) is 39.1 Å². The van der Waals surface area contributed by atoms with E-state index in [1.54, 1.807) is 14.2 Å². The average molecular weight is 358 g/mol. The molecule has 1 atom stereocenters. The van der Waals surface area contributed by atoms with Crippen molar-refractivity contribution in [3.05, 3.63) is 57.6 Å². The van der Waals surface area contributed by atoms with Crippen molar-refractivity contribution in [3.63, 3.8) is 0 Å². The van der Waals surface area contributed by atoms with Gasteiger partial charge in [-0.1, -0.05) is 18.2 Å². The van der Waals surface area contributed by atoms with Crippen molar-refractivity contribution in [2.75, 3.05) is 27.4 Å². The summed E-state index contributed by atoms with van der Waals surface area (Å²) in [5.41, 5.74) is 5.22. The maximum atomic E-state index is 11.2. The summed E-state index contributed by atoms with van der Waals surface area (Å²) in [5, 5.41) is 11.2. The molecule has 1 fully saturated rings. The third-order valence-corrected chi connectivity index (χ3v) is 5.03. The fourth-order valence-corrected chi connectivity index (χ4v) is 3.61. The molecule has 1 saturated heterocycles. The summed E-state index contributed by atoms with van der Waals surface area (Å²) < 4.78 is 22.4. The summed E-state index contributed by atoms with van der Waals surface area (Å²) in [6, 6.07) is 7.65. The number of aliphatic hydroxyl groups excluding tert-OH is 1. The smallest absolute Gasteiger partial charge is 0.184 e. The predicted molar refractivity (Wildman–Crippen MR) is 98.9 cm³/mol. The molecule has 140 valence electrons. The third kappa shape index (κ3) is 3.18. The first-order valence-electron chi connectivity index (χ1n) is 8.72. The third-order valence-electron chi connectivity index (χ3n) is 5.03. The summed E-state index contributed by atoms with van der Waals surface area (Å²) in [7, 11) is 3.27. The molecule has 1 aliphatic heterocycles. The van der Waals surface area contributed by atoms with Crippen LogP contribution < -0.4 is 9.47 Å². The molecule has 1 heterocycles. The largest absolute Gasteiger partial charge is 0.496 e. The second-order valence-electron chi connectivity index (χ2n) is 6.50. The van der Waals surface area contributed by atoms with Crippen LogP contribution in [0.1, 0.15) is 45.8 Å². The van der Waals surface area contributed by atoms with Crippen molar-refractivity contribution in [2.24, 2.45) is 0 Å². The summed E-state index contributed by atoms with van der Waals surface area (Å²) in [6.45, 7) is 7.08. The lowest BCUT2D eigenvalue weighted by molar-refractivity contribution is -0.0442. The molecule has 2 aromatic rings. The lowest BCUT2D eigenvalue weighted by Crippen LogP contribution is -2.10. The van der Waals surface area contributed by atoms with E-state index in [1.807, 2.05) is 45.0 Å². The van der Waals surface area contributed by atoms with Crippen LogP contribution in [-0.2, 0) is 9.47 Å². The van der Waals surface area contributed by atoms with Gasteiger partial charge in [-0.3, -0.25) is 0 Å². The Bertz CT molecular complexity index is 793. The highest BCUT2D eigenvalue weighted by Crippen LogP contribution is 2.42. The van der Waals surface area contributed by atoms with Gasteiger partial charge in [0, 0.05) is 16.7 Å². The van der Waals surface area contributed by atoms with Crippen LogP contribution in [0.3, 0.4) is 0 Å². The van der Waals surface area contributed by atoms with Crippen molar-refractivity contribution in [1.29, 1.82) is 0 Å². The lowest BCUT2D eigenvalue weighted by atomic mass is 9.90.